The van der Waals surface area contributed by atoms with Crippen molar-refractivity contribution in [2.75, 3.05) is 38.6 Å². The van der Waals surface area contributed by atoms with Gasteiger partial charge in [-0.15, -0.1) is 11.3 Å². The summed E-state index contributed by atoms with van der Waals surface area (Å²) >= 11 is 1.84. The molecule has 1 aromatic heterocycles. The van der Waals surface area contributed by atoms with Crippen molar-refractivity contribution in [1.29, 1.82) is 0 Å². The van der Waals surface area contributed by atoms with Crippen molar-refractivity contribution >= 4 is 16.5 Å². The third kappa shape index (κ3) is 3.68. The fraction of sp³-hybridized carbons (Fsp3) is 0.786. The van der Waals surface area contributed by atoms with E-state index in [1.165, 1.54) is 22.9 Å². The number of nitrogens with one attached hydrogen (secondary N) is 1. The second-order valence-electron chi connectivity index (χ2n) is 5.53. The van der Waals surface area contributed by atoms with E-state index in [0.29, 0.717) is 12.1 Å². The molecule has 0 amide bonds. The van der Waals surface area contributed by atoms with E-state index >= 15 is 0 Å². The van der Waals surface area contributed by atoms with Crippen LogP contribution in [0.4, 0.5) is 5.13 Å². The summed E-state index contributed by atoms with van der Waals surface area (Å²) < 4.78 is 0. The molecule has 0 saturated carbocycles. The number of rotatable bonds is 5. The van der Waals surface area contributed by atoms with Gasteiger partial charge in [-0.2, -0.15) is 0 Å². The maximum atomic E-state index is 4.62. The van der Waals surface area contributed by atoms with Crippen molar-refractivity contribution in [3.05, 3.63) is 11.1 Å². The van der Waals surface area contributed by atoms with Crippen LogP contribution in [0, 0.1) is 0 Å². The summed E-state index contributed by atoms with van der Waals surface area (Å²) in [6.07, 6.45) is 4.60. The van der Waals surface area contributed by atoms with Crippen molar-refractivity contribution in [3.8, 4) is 0 Å². The van der Waals surface area contributed by atoms with Gasteiger partial charge in [0.25, 0.3) is 0 Å². The molecule has 1 fully saturated rings. The van der Waals surface area contributed by atoms with Crippen molar-refractivity contribution in [1.82, 2.24) is 15.2 Å². The summed E-state index contributed by atoms with van der Waals surface area (Å²) in [5.41, 5.74) is 0. The molecule has 2 unspecified atom stereocenters. The molecular weight excluding hydrogens is 256 g/mol. The molecule has 1 saturated heterocycles. The molecule has 1 aromatic rings. The molecule has 0 aromatic carbocycles. The molecule has 0 radical (unpaired) electrons. The van der Waals surface area contributed by atoms with Crippen LogP contribution in [0.3, 0.4) is 0 Å². The Morgan fingerprint density at radius 1 is 1.58 bits per heavy atom. The molecule has 0 spiro atoms. The predicted octanol–water partition coefficient (Wildman–Crippen LogP) is 2.34. The summed E-state index contributed by atoms with van der Waals surface area (Å²) in [5.74, 6) is 0. The number of likely N-dealkylation sites (N-methyl/N-ethyl adjacent to an activating group) is 1. The lowest BCUT2D eigenvalue weighted by Crippen LogP contribution is -2.45. The number of anilines is 1. The molecule has 1 aliphatic rings. The zero-order valence-electron chi connectivity index (χ0n) is 12.5. The number of nitrogens with zero attached hydrogens (tertiary/aromatic N) is 3. The van der Waals surface area contributed by atoms with Crippen LogP contribution < -0.4 is 10.2 Å². The fourth-order valence-corrected chi connectivity index (χ4v) is 3.56. The highest BCUT2D eigenvalue weighted by molar-refractivity contribution is 7.15. The zero-order valence-corrected chi connectivity index (χ0v) is 13.3. The standard InChI is InChI=1S/C14H26N4S/c1-5-15-11(2)13-9-16-14(19-13)18-8-6-7-12(10-18)17(3)4/h9,11-12,15H,5-8,10H2,1-4H3. The van der Waals surface area contributed by atoms with Gasteiger partial charge in [0, 0.05) is 36.2 Å². The van der Waals surface area contributed by atoms with E-state index in [2.05, 4.69) is 48.0 Å². The van der Waals surface area contributed by atoms with Gasteiger partial charge in [-0.3, -0.25) is 0 Å². The van der Waals surface area contributed by atoms with Crippen molar-refractivity contribution < 1.29 is 0 Å². The van der Waals surface area contributed by atoms with Gasteiger partial charge >= 0.3 is 0 Å². The third-order valence-electron chi connectivity index (χ3n) is 3.85. The van der Waals surface area contributed by atoms with Crippen molar-refractivity contribution in [3.63, 3.8) is 0 Å². The average molecular weight is 282 g/mol. The van der Waals surface area contributed by atoms with E-state index in [-0.39, 0.29) is 0 Å². The maximum absolute atomic E-state index is 4.62. The van der Waals surface area contributed by atoms with Gasteiger partial charge in [0.15, 0.2) is 5.13 Å². The minimum atomic E-state index is 0.408. The number of piperidine rings is 1. The van der Waals surface area contributed by atoms with Gasteiger partial charge in [-0.1, -0.05) is 6.92 Å². The molecule has 108 valence electrons. The van der Waals surface area contributed by atoms with Gasteiger partial charge in [0.05, 0.1) is 0 Å². The van der Waals surface area contributed by atoms with Gasteiger partial charge in [0.1, 0.15) is 0 Å². The topological polar surface area (TPSA) is 31.4 Å². The Kier molecular flexibility index (Phi) is 5.19. The largest absolute Gasteiger partial charge is 0.347 e. The second kappa shape index (κ2) is 6.68. The van der Waals surface area contributed by atoms with Crippen LogP contribution in [0.1, 0.15) is 37.6 Å². The Labute approximate surface area is 120 Å². The molecule has 1 aliphatic heterocycles. The molecule has 5 heteroatoms. The molecule has 2 rings (SSSR count). The summed E-state index contributed by atoms with van der Waals surface area (Å²) in [5, 5.41) is 4.64. The second-order valence-corrected chi connectivity index (χ2v) is 6.57. The molecule has 19 heavy (non-hydrogen) atoms. The lowest BCUT2D eigenvalue weighted by molar-refractivity contribution is 0.258. The number of hydrogen-bond acceptors (Lipinski definition) is 5. The molecular formula is C14H26N4S. The first-order chi connectivity index (χ1) is 9.11. The van der Waals surface area contributed by atoms with E-state index in [1.54, 1.807) is 0 Å². The van der Waals surface area contributed by atoms with Crippen molar-refractivity contribution in [2.24, 2.45) is 0 Å². The molecule has 1 N–H and O–H groups in total. The van der Waals surface area contributed by atoms with Gasteiger partial charge in [-0.05, 0) is 40.4 Å². The minimum absolute atomic E-state index is 0.408. The molecule has 0 aliphatic carbocycles. The number of hydrogen-bond donors (Lipinski definition) is 1. The summed E-state index contributed by atoms with van der Waals surface area (Å²) in [7, 11) is 4.35. The normalized spacial score (nSPS) is 21.9. The van der Waals surface area contributed by atoms with Crippen LogP contribution in [0.15, 0.2) is 6.20 Å². The van der Waals surface area contributed by atoms with Crippen LogP contribution in [-0.2, 0) is 0 Å². The molecule has 2 heterocycles. The van der Waals surface area contributed by atoms with Gasteiger partial charge in [0.2, 0.25) is 0 Å². The monoisotopic (exact) mass is 282 g/mol. The van der Waals surface area contributed by atoms with Gasteiger partial charge in [-0.25, -0.2) is 4.98 Å². The lowest BCUT2D eigenvalue weighted by atomic mass is 10.1. The highest BCUT2D eigenvalue weighted by Crippen LogP contribution is 2.29. The van der Waals surface area contributed by atoms with E-state index in [0.717, 1.165) is 19.6 Å². The average Bonchev–Trinajstić information content (AvgIpc) is 2.89. The first-order valence-electron chi connectivity index (χ1n) is 7.22. The summed E-state index contributed by atoms with van der Waals surface area (Å²) in [6.45, 7) is 7.60. The zero-order chi connectivity index (χ0) is 13.8. The first-order valence-corrected chi connectivity index (χ1v) is 8.04. The Morgan fingerprint density at radius 2 is 2.37 bits per heavy atom. The predicted molar refractivity (Wildman–Crippen MR) is 83.1 cm³/mol. The highest BCUT2D eigenvalue weighted by Gasteiger charge is 2.23. The molecule has 2 atom stereocenters. The number of thiazole rings is 1. The number of aromatic nitrogens is 1. The fourth-order valence-electron chi connectivity index (χ4n) is 2.58. The third-order valence-corrected chi connectivity index (χ3v) is 5.09. The Bertz CT molecular complexity index is 391. The van der Waals surface area contributed by atoms with Crippen LogP contribution in [0.25, 0.3) is 0 Å². The Balaban J connectivity index is 2.01. The van der Waals surface area contributed by atoms with Gasteiger partial charge < -0.3 is 15.1 Å². The maximum Gasteiger partial charge on any atom is 0.185 e. The van der Waals surface area contributed by atoms with Crippen molar-refractivity contribution in [2.45, 2.75) is 38.8 Å². The lowest BCUT2D eigenvalue weighted by Gasteiger charge is -2.35. The van der Waals surface area contributed by atoms with E-state index in [1.807, 2.05) is 17.5 Å². The summed E-state index contributed by atoms with van der Waals surface area (Å²) in [6, 6.07) is 1.07. The first kappa shape index (κ1) is 14.8. The molecule has 4 nitrogen and oxygen atoms in total. The van der Waals surface area contributed by atoms with Crippen LogP contribution >= 0.6 is 11.3 Å². The Hall–Kier alpha value is -0.650. The van der Waals surface area contributed by atoms with E-state index < -0.39 is 0 Å². The highest BCUT2D eigenvalue weighted by atomic mass is 32.1. The van der Waals surface area contributed by atoms with Crippen LogP contribution in [0.5, 0.6) is 0 Å². The van der Waals surface area contributed by atoms with E-state index in [9.17, 15) is 0 Å². The summed E-state index contributed by atoms with van der Waals surface area (Å²) in [4.78, 5) is 10.7. The van der Waals surface area contributed by atoms with E-state index in [4.69, 9.17) is 0 Å². The quantitative estimate of drug-likeness (QED) is 0.898. The smallest absolute Gasteiger partial charge is 0.185 e. The minimum Gasteiger partial charge on any atom is -0.347 e. The van der Waals surface area contributed by atoms with Crippen LogP contribution in [-0.4, -0.2) is 49.7 Å². The SMILES string of the molecule is CCNC(C)c1cnc(N2CCCC(N(C)C)C2)s1. The Morgan fingerprint density at radius 3 is 3.05 bits per heavy atom. The molecule has 0 bridgehead atoms. The van der Waals surface area contributed by atoms with Crippen LogP contribution in [0.2, 0.25) is 0 Å².